The molecule has 7 nitrogen and oxygen atoms in total. The lowest BCUT2D eigenvalue weighted by atomic mass is 9.97. The summed E-state index contributed by atoms with van der Waals surface area (Å²) in [4.78, 5) is 12.7. The number of nitrogens with one attached hydrogen (secondary N) is 1. The Hall–Kier alpha value is -3.01. The fourth-order valence-corrected chi connectivity index (χ4v) is 5.90. The van der Waals surface area contributed by atoms with Gasteiger partial charge < -0.3 is 9.84 Å². The molecule has 0 radical (unpaired) electrons. The van der Waals surface area contributed by atoms with Crippen LogP contribution in [0.15, 0.2) is 51.9 Å². The number of benzene rings is 2. The number of aryl methyl sites for hydroxylation is 2. The average molecular weight is 518 g/mol. The number of piperidine rings is 1. The summed E-state index contributed by atoms with van der Waals surface area (Å²) in [5, 5.41) is 6.68. The van der Waals surface area contributed by atoms with Gasteiger partial charge in [0.15, 0.2) is 10.7 Å². The van der Waals surface area contributed by atoms with Gasteiger partial charge in [-0.05, 0) is 56.5 Å². The number of sulfonamides is 1. The summed E-state index contributed by atoms with van der Waals surface area (Å²) in [6.45, 7) is 3.92. The number of nitrogens with zero attached hydrogens (tertiary/aromatic N) is 2. The second-order valence-electron chi connectivity index (χ2n) is 8.50. The topological polar surface area (TPSA) is 92.5 Å². The van der Waals surface area contributed by atoms with Crippen LogP contribution in [0.3, 0.4) is 0 Å². The Morgan fingerprint density at radius 3 is 2.49 bits per heavy atom. The molecule has 35 heavy (non-hydrogen) atoms. The summed E-state index contributed by atoms with van der Waals surface area (Å²) in [5.74, 6) is -1.01. The number of hydrogen-bond donors (Lipinski definition) is 1. The van der Waals surface area contributed by atoms with Crippen molar-refractivity contribution in [2.75, 3.05) is 18.4 Å². The van der Waals surface area contributed by atoms with Crippen LogP contribution in [0, 0.1) is 25.6 Å². The zero-order chi connectivity index (χ0) is 25.2. The van der Waals surface area contributed by atoms with Crippen molar-refractivity contribution < 1.29 is 22.1 Å². The van der Waals surface area contributed by atoms with Crippen LogP contribution in [0.1, 0.15) is 35.4 Å². The van der Waals surface area contributed by atoms with Crippen LogP contribution in [-0.2, 0) is 14.8 Å². The third kappa shape index (κ3) is 5.63. The van der Waals surface area contributed by atoms with Gasteiger partial charge in [-0.2, -0.15) is 4.31 Å². The van der Waals surface area contributed by atoms with Crippen LogP contribution in [0.2, 0.25) is 5.02 Å². The van der Waals surface area contributed by atoms with Gasteiger partial charge in [-0.15, -0.1) is 0 Å². The molecule has 1 fully saturated rings. The first-order valence-corrected chi connectivity index (χ1v) is 12.9. The smallest absolute Gasteiger partial charge is 0.248 e. The van der Waals surface area contributed by atoms with Gasteiger partial charge in [-0.25, -0.2) is 12.8 Å². The number of rotatable bonds is 6. The van der Waals surface area contributed by atoms with Crippen molar-refractivity contribution in [3.8, 4) is 0 Å². The largest absolute Gasteiger partial charge is 0.355 e. The monoisotopic (exact) mass is 517 g/mol. The summed E-state index contributed by atoms with van der Waals surface area (Å²) in [7, 11) is -3.88. The number of anilines is 1. The molecular weight excluding hydrogens is 493 g/mol. The quantitative estimate of drug-likeness (QED) is 0.479. The molecule has 2 heterocycles. The summed E-state index contributed by atoms with van der Waals surface area (Å²) >= 11 is 5.99. The lowest BCUT2D eigenvalue weighted by Crippen LogP contribution is -2.41. The third-order valence-corrected chi connectivity index (χ3v) is 8.32. The molecule has 2 aromatic carbocycles. The van der Waals surface area contributed by atoms with E-state index in [1.165, 1.54) is 16.4 Å². The standard InChI is InChI=1S/C25H25ClFN3O4S/c1-16-3-5-18(6-4-16)7-10-23-24(17(2)29-34-23)35(32,33)30-13-11-19(12-14-30)25(31)28-22-9-8-20(27)15-21(22)26/h3-10,15,19H,11-14H2,1-2H3,(H,28,31)/b10-7+. The normalized spacial score (nSPS) is 15.5. The molecule has 1 aliphatic heterocycles. The fraction of sp³-hybridized carbons (Fsp3) is 0.280. The maximum atomic E-state index is 13.4. The molecule has 1 aliphatic rings. The van der Waals surface area contributed by atoms with Gasteiger partial charge in [0, 0.05) is 19.0 Å². The Labute approximate surface area is 208 Å². The van der Waals surface area contributed by atoms with E-state index < -0.39 is 21.8 Å². The van der Waals surface area contributed by atoms with Gasteiger partial charge in [0.05, 0.1) is 10.7 Å². The summed E-state index contributed by atoms with van der Waals surface area (Å²) in [6.07, 6.45) is 4.05. The second kappa shape index (κ2) is 10.3. The minimum atomic E-state index is -3.88. The minimum absolute atomic E-state index is 0.0295. The Balaban J connectivity index is 1.45. The molecule has 184 valence electrons. The highest BCUT2D eigenvalue weighted by molar-refractivity contribution is 7.89. The van der Waals surface area contributed by atoms with E-state index in [0.717, 1.165) is 17.2 Å². The predicted molar refractivity (Wildman–Crippen MR) is 133 cm³/mol. The van der Waals surface area contributed by atoms with Gasteiger partial charge in [0.1, 0.15) is 11.5 Å². The Morgan fingerprint density at radius 1 is 1.14 bits per heavy atom. The van der Waals surface area contributed by atoms with Crippen molar-refractivity contribution >= 4 is 45.4 Å². The molecule has 0 atom stereocenters. The summed E-state index contributed by atoms with van der Waals surface area (Å²) in [5.41, 5.74) is 2.62. The van der Waals surface area contributed by atoms with E-state index in [1.807, 2.05) is 31.2 Å². The predicted octanol–water partition coefficient (Wildman–Crippen LogP) is 5.29. The van der Waals surface area contributed by atoms with Crippen molar-refractivity contribution in [1.29, 1.82) is 0 Å². The molecule has 10 heteroatoms. The number of carbonyl (C=O) groups is 1. The molecular formula is C25H25ClFN3O4S. The molecule has 0 spiro atoms. The van der Waals surface area contributed by atoms with E-state index in [9.17, 15) is 17.6 Å². The second-order valence-corrected chi connectivity index (χ2v) is 10.8. The van der Waals surface area contributed by atoms with E-state index in [4.69, 9.17) is 16.1 Å². The highest BCUT2D eigenvalue weighted by atomic mass is 35.5. The molecule has 0 aliphatic carbocycles. The SMILES string of the molecule is Cc1ccc(/C=C/c2onc(C)c2S(=O)(=O)N2CCC(C(=O)Nc3ccc(F)cc3Cl)CC2)cc1. The number of aromatic nitrogens is 1. The number of hydrogen-bond acceptors (Lipinski definition) is 5. The zero-order valence-corrected chi connectivity index (χ0v) is 20.9. The Kier molecular flexibility index (Phi) is 7.39. The van der Waals surface area contributed by atoms with Crippen LogP contribution in [0.5, 0.6) is 0 Å². The minimum Gasteiger partial charge on any atom is -0.355 e. The van der Waals surface area contributed by atoms with Gasteiger partial charge >= 0.3 is 0 Å². The first-order chi connectivity index (χ1) is 16.6. The van der Waals surface area contributed by atoms with Crippen molar-refractivity contribution in [3.63, 3.8) is 0 Å². The van der Waals surface area contributed by atoms with E-state index in [2.05, 4.69) is 10.5 Å². The average Bonchev–Trinajstić information content (AvgIpc) is 3.21. The molecule has 0 bridgehead atoms. The third-order valence-electron chi connectivity index (χ3n) is 5.95. The molecule has 1 aromatic heterocycles. The maximum Gasteiger partial charge on any atom is 0.248 e. The first-order valence-electron chi connectivity index (χ1n) is 11.1. The Bertz CT molecular complexity index is 1360. The molecule has 4 rings (SSSR count). The van der Waals surface area contributed by atoms with Crippen LogP contribution in [0.25, 0.3) is 12.2 Å². The van der Waals surface area contributed by atoms with Gasteiger partial charge in [-0.3, -0.25) is 4.79 Å². The fourth-order valence-electron chi connectivity index (χ4n) is 3.96. The highest BCUT2D eigenvalue weighted by Gasteiger charge is 2.36. The van der Waals surface area contributed by atoms with Crippen LogP contribution in [0.4, 0.5) is 10.1 Å². The van der Waals surface area contributed by atoms with Crippen LogP contribution >= 0.6 is 11.6 Å². The van der Waals surface area contributed by atoms with E-state index in [-0.39, 0.29) is 40.4 Å². The number of amides is 1. The van der Waals surface area contributed by atoms with Gasteiger partial charge in [0.2, 0.25) is 15.9 Å². The van der Waals surface area contributed by atoms with Crippen molar-refractivity contribution in [1.82, 2.24) is 9.46 Å². The molecule has 0 saturated carbocycles. The lowest BCUT2D eigenvalue weighted by molar-refractivity contribution is -0.120. The summed E-state index contributed by atoms with van der Waals surface area (Å²) < 4.78 is 46.8. The van der Waals surface area contributed by atoms with Crippen molar-refractivity contribution in [3.05, 3.63) is 75.9 Å². The number of halogens is 2. The summed E-state index contributed by atoms with van der Waals surface area (Å²) in [6, 6.07) is 11.5. The number of carbonyl (C=O) groups excluding carboxylic acids is 1. The zero-order valence-electron chi connectivity index (χ0n) is 19.3. The molecule has 1 N–H and O–H groups in total. The lowest BCUT2D eigenvalue weighted by Gasteiger charge is -2.30. The van der Waals surface area contributed by atoms with Crippen LogP contribution < -0.4 is 5.32 Å². The van der Waals surface area contributed by atoms with E-state index >= 15 is 0 Å². The highest BCUT2D eigenvalue weighted by Crippen LogP contribution is 2.30. The Morgan fingerprint density at radius 2 is 1.83 bits per heavy atom. The first kappa shape index (κ1) is 25.1. The van der Waals surface area contributed by atoms with Crippen molar-refractivity contribution in [2.24, 2.45) is 5.92 Å². The molecule has 0 unspecified atom stereocenters. The maximum absolute atomic E-state index is 13.4. The van der Waals surface area contributed by atoms with Gasteiger partial charge in [-0.1, -0.05) is 52.7 Å². The van der Waals surface area contributed by atoms with Crippen molar-refractivity contribution in [2.45, 2.75) is 31.6 Å². The van der Waals surface area contributed by atoms with Crippen LogP contribution in [-0.4, -0.2) is 36.9 Å². The molecule has 3 aromatic rings. The van der Waals surface area contributed by atoms with Gasteiger partial charge in [0.25, 0.3) is 0 Å². The molecule has 1 amide bonds. The van der Waals surface area contributed by atoms with E-state index in [0.29, 0.717) is 18.5 Å². The molecule has 1 saturated heterocycles. The van der Waals surface area contributed by atoms with E-state index in [1.54, 1.807) is 19.1 Å².